The van der Waals surface area contributed by atoms with E-state index in [-0.39, 0.29) is 5.43 Å². The van der Waals surface area contributed by atoms with Crippen molar-refractivity contribution in [1.29, 1.82) is 0 Å². The van der Waals surface area contributed by atoms with Crippen molar-refractivity contribution in [1.82, 2.24) is 24.5 Å². The predicted molar refractivity (Wildman–Crippen MR) is 113 cm³/mol. The average Bonchev–Trinajstić information content (AvgIpc) is 3.23. The Bertz CT molecular complexity index is 1410. The van der Waals surface area contributed by atoms with E-state index < -0.39 is 0 Å². The molecule has 0 fully saturated rings. The summed E-state index contributed by atoms with van der Waals surface area (Å²) >= 11 is 6.12. The van der Waals surface area contributed by atoms with Crippen LogP contribution < -0.4 is 5.43 Å². The maximum absolute atomic E-state index is 12.6. The first-order valence-electron chi connectivity index (χ1n) is 8.94. The normalized spacial score (nSPS) is 11.1. The highest BCUT2D eigenvalue weighted by Gasteiger charge is 2.14. The SMILES string of the molecule is O=c1ccn(-c2ccc3ncccc3c2)nc1-c1ccnn1-c1cccc(Cl)c1. The van der Waals surface area contributed by atoms with E-state index in [1.54, 1.807) is 46.2 Å². The van der Waals surface area contributed by atoms with Crippen molar-refractivity contribution in [2.45, 2.75) is 0 Å². The Hall–Kier alpha value is -3.77. The van der Waals surface area contributed by atoms with Crippen LogP contribution in [0.25, 0.3) is 33.7 Å². The number of benzene rings is 2. The summed E-state index contributed by atoms with van der Waals surface area (Å²) in [7, 11) is 0. The molecule has 0 atom stereocenters. The molecule has 0 amide bonds. The lowest BCUT2D eigenvalue weighted by atomic mass is 10.2. The number of pyridine rings is 1. The van der Waals surface area contributed by atoms with Crippen molar-refractivity contribution >= 4 is 22.5 Å². The van der Waals surface area contributed by atoms with Crippen LogP contribution in [0.15, 0.2) is 90.1 Å². The molecule has 0 radical (unpaired) electrons. The van der Waals surface area contributed by atoms with Gasteiger partial charge in [-0.25, -0.2) is 9.36 Å². The van der Waals surface area contributed by atoms with Gasteiger partial charge in [-0.05, 0) is 48.5 Å². The molecular weight excluding hydrogens is 386 g/mol. The zero-order valence-corrected chi connectivity index (χ0v) is 15.9. The van der Waals surface area contributed by atoms with Gasteiger partial charge in [0.25, 0.3) is 0 Å². The molecule has 3 heterocycles. The van der Waals surface area contributed by atoms with E-state index in [0.717, 1.165) is 22.3 Å². The van der Waals surface area contributed by atoms with Crippen molar-refractivity contribution in [3.63, 3.8) is 0 Å². The highest BCUT2D eigenvalue weighted by molar-refractivity contribution is 6.30. The summed E-state index contributed by atoms with van der Waals surface area (Å²) < 4.78 is 3.34. The van der Waals surface area contributed by atoms with Crippen molar-refractivity contribution < 1.29 is 0 Å². The second-order valence-corrected chi connectivity index (χ2v) is 6.90. The van der Waals surface area contributed by atoms with Gasteiger partial charge in [-0.3, -0.25) is 9.78 Å². The number of rotatable bonds is 3. The van der Waals surface area contributed by atoms with Crippen molar-refractivity contribution in [2.24, 2.45) is 0 Å². The number of aromatic nitrogens is 5. The summed E-state index contributed by atoms with van der Waals surface area (Å²) in [6, 6.07) is 20.3. The summed E-state index contributed by atoms with van der Waals surface area (Å²) in [4.78, 5) is 16.9. The minimum Gasteiger partial charge on any atom is -0.287 e. The number of hydrogen-bond donors (Lipinski definition) is 0. The zero-order valence-electron chi connectivity index (χ0n) is 15.1. The molecule has 0 saturated carbocycles. The maximum Gasteiger partial charge on any atom is 0.209 e. The Morgan fingerprint density at radius 3 is 2.69 bits per heavy atom. The van der Waals surface area contributed by atoms with Crippen molar-refractivity contribution in [2.75, 3.05) is 0 Å². The first-order chi connectivity index (χ1) is 14.2. The van der Waals surface area contributed by atoms with Gasteiger partial charge < -0.3 is 0 Å². The Kier molecular flexibility index (Phi) is 4.18. The van der Waals surface area contributed by atoms with Crippen LogP contribution in [0.5, 0.6) is 0 Å². The molecule has 0 unspecified atom stereocenters. The molecule has 0 saturated heterocycles. The van der Waals surface area contributed by atoms with E-state index in [2.05, 4.69) is 15.2 Å². The molecular formula is C22H14ClN5O. The fourth-order valence-corrected chi connectivity index (χ4v) is 3.42. The highest BCUT2D eigenvalue weighted by atomic mass is 35.5. The third kappa shape index (κ3) is 3.19. The van der Waals surface area contributed by atoms with E-state index in [1.807, 2.05) is 42.5 Å². The molecule has 0 N–H and O–H groups in total. The Labute approximate surface area is 170 Å². The smallest absolute Gasteiger partial charge is 0.209 e. The summed E-state index contributed by atoms with van der Waals surface area (Å²) in [5.41, 5.74) is 3.20. The van der Waals surface area contributed by atoms with Crippen LogP contribution in [-0.4, -0.2) is 24.5 Å². The first-order valence-corrected chi connectivity index (χ1v) is 9.32. The standard InChI is InChI=1S/C22H14ClN5O/c23-16-4-1-5-18(14-16)28-20(8-11-25-28)22-21(29)9-12-27(26-22)17-6-7-19-15(13-17)3-2-10-24-19/h1-14H. The Morgan fingerprint density at radius 2 is 1.79 bits per heavy atom. The number of nitrogens with zero attached hydrogens (tertiary/aromatic N) is 5. The van der Waals surface area contributed by atoms with E-state index in [9.17, 15) is 4.79 Å². The number of hydrogen-bond acceptors (Lipinski definition) is 4. The van der Waals surface area contributed by atoms with Gasteiger partial charge in [0.1, 0.15) is 0 Å². The first kappa shape index (κ1) is 17.3. The summed E-state index contributed by atoms with van der Waals surface area (Å²) in [5, 5.41) is 10.5. The molecule has 0 aliphatic heterocycles. The molecule has 6 nitrogen and oxygen atoms in total. The van der Waals surface area contributed by atoms with E-state index in [1.165, 1.54) is 6.07 Å². The van der Waals surface area contributed by atoms with Gasteiger partial charge in [-0.1, -0.05) is 23.7 Å². The van der Waals surface area contributed by atoms with E-state index >= 15 is 0 Å². The molecule has 3 aromatic heterocycles. The molecule has 29 heavy (non-hydrogen) atoms. The van der Waals surface area contributed by atoms with Crippen LogP contribution in [0, 0.1) is 0 Å². The number of fused-ring (bicyclic) bond motifs is 1. The van der Waals surface area contributed by atoms with Crippen molar-refractivity contribution in [3.05, 3.63) is 101 Å². The van der Waals surface area contributed by atoms with Gasteiger partial charge >= 0.3 is 0 Å². The molecule has 2 aromatic carbocycles. The molecule has 0 spiro atoms. The second kappa shape index (κ2) is 7.00. The van der Waals surface area contributed by atoms with Gasteiger partial charge in [0, 0.05) is 28.9 Å². The number of halogens is 1. The third-order valence-electron chi connectivity index (χ3n) is 4.60. The average molecular weight is 400 g/mol. The minimum absolute atomic E-state index is 0.188. The third-order valence-corrected chi connectivity index (χ3v) is 4.83. The molecule has 5 aromatic rings. The second-order valence-electron chi connectivity index (χ2n) is 6.46. The molecule has 0 aliphatic carbocycles. The van der Waals surface area contributed by atoms with Crippen LogP contribution in [0.4, 0.5) is 0 Å². The lowest BCUT2D eigenvalue weighted by Gasteiger charge is -2.10. The van der Waals surface area contributed by atoms with E-state index in [4.69, 9.17) is 11.6 Å². The highest BCUT2D eigenvalue weighted by Crippen LogP contribution is 2.21. The van der Waals surface area contributed by atoms with Crippen LogP contribution in [-0.2, 0) is 0 Å². The fourth-order valence-electron chi connectivity index (χ4n) is 3.23. The largest absolute Gasteiger partial charge is 0.287 e. The van der Waals surface area contributed by atoms with Gasteiger partial charge in [-0.2, -0.15) is 10.2 Å². The topological polar surface area (TPSA) is 65.6 Å². The predicted octanol–water partition coefficient (Wildman–Crippen LogP) is 4.29. The minimum atomic E-state index is -0.188. The van der Waals surface area contributed by atoms with Crippen LogP contribution in [0.1, 0.15) is 0 Å². The summed E-state index contributed by atoms with van der Waals surface area (Å²) in [5.74, 6) is 0. The molecule has 0 bridgehead atoms. The zero-order chi connectivity index (χ0) is 19.8. The van der Waals surface area contributed by atoms with Gasteiger partial charge in [0.05, 0.1) is 28.8 Å². The molecule has 140 valence electrons. The van der Waals surface area contributed by atoms with Crippen LogP contribution >= 0.6 is 11.6 Å². The van der Waals surface area contributed by atoms with Gasteiger partial charge in [0.15, 0.2) is 5.69 Å². The lowest BCUT2D eigenvalue weighted by Crippen LogP contribution is -2.14. The Morgan fingerprint density at radius 1 is 0.862 bits per heavy atom. The summed E-state index contributed by atoms with van der Waals surface area (Å²) in [6.45, 7) is 0. The van der Waals surface area contributed by atoms with E-state index in [0.29, 0.717) is 16.4 Å². The summed E-state index contributed by atoms with van der Waals surface area (Å²) in [6.07, 6.45) is 5.05. The Balaban J connectivity index is 1.64. The lowest BCUT2D eigenvalue weighted by molar-refractivity contribution is 0.824. The van der Waals surface area contributed by atoms with Crippen LogP contribution in [0.3, 0.4) is 0 Å². The maximum atomic E-state index is 12.6. The quantitative estimate of drug-likeness (QED) is 0.454. The molecule has 7 heteroatoms. The van der Waals surface area contributed by atoms with Crippen LogP contribution in [0.2, 0.25) is 5.02 Å². The van der Waals surface area contributed by atoms with Gasteiger partial charge in [-0.15, -0.1) is 0 Å². The molecule has 0 aliphatic rings. The monoisotopic (exact) mass is 399 g/mol. The van der Waals surface area contributed by atoms with Crippen molar-refractivity contribution in [3.8, 4) is 22.8 Å². The fraction of sp³-hybridized carbons (Fsp3) is 0. The molecule has 5 rings (SSSR count). The van der Waals surface area contributed by atoms with Gasteiger partial charge in [0.2, 0.25) is 5.43 Å².